The number of carbonyl (C=O) groups is 2. The van der Waals surface area contributed by atoms with Crippen molar-refractivity contribution in [2.45, 2.75) is 56.6 Å². The van der Waals surface area contributed by atoms with Gasteiger partial charge in [0.1, 0.15) is 6.10 Å². The molecule has 0 bridgehead atoms. The Labute approximate surface area is 220 Å². The lowest BCUT2D eigenvalue weighted by Crippen LogP contribution is -2.58. The average molecular weight is 536 g/mol. The number of amides is 3. The highest BCUT2D eigenvalue weighted by atomic mass is 35.5. The molecule has 0 unspecified atom stereocenters. The molecule has 5 atom stereocenters. The van der Waals surface area contributed by atoms with E-state index in [0.717, 1.165) is 5.56 Å². The number of nitrogens with zero attached hydrogens (tertiary/aromatic N) is 1. The van der Waals surface area contributed by atoms with Gasteiger partial charge in [-0.2, -0.15) is 0 Å². The molecular formula is C26H31Cl2N3O5. The van der Waals surface area contributed by atoms with Gasteiger partial charge in [-0.25, -0.2) is 4.79 Å². The summed E-state index contributed by atoms with van der Waals surface area (Å²) in [4.78, 5) is 27.5. The van der Waals surface area contributed by atoms with Crippen LogP contribution in [0.2, 0.25) is 10.0 Å². The fourth-order valence-electron chi connectivity index (χ4n) is 4.73. The number of halogens is 2. The number of nitrogens with one attached hydrogen (secondary N) is 2. The monoisotopic (exact) mass is 535 g/mol. The average Bonchev–Trinajstić information content (AvgIpc) is 2.81. The van der Waals surface area contributed by atoms with E-state index in [0.29, 0.717) is 28.6 Å². The Morgan fingerprint density at radius 3 is 2.56 bits per heavy atom. The van der Waals surface area contributed by atoms with E-state index in [2.05, 4.69) is 10.6 Å². The van der Waals surface area contributed by atoms with Crippen molar-refractivity contribution in [3.63, 3.8) is 0 Å². The molecule has 3 N–H and O–H groups in total. The number of anilines is 1. The molecule has 0 radical (unpaired) electrons. The molecule has 2 aromatic carbocycles. The molecule has 10 heteroatoms. The van der Waals surface area contributed by atoms with Crippen LogP contribution in [0.25, 0.3) is 0 Å². The Morgan fingerprint density at radius 2 is 1.83 bits per heavy atom. The number of urea groups is 1. The lowest BCUT2D eigenvalue weighted by atomic mass is 9.94. The van der Waals surface area contributed by atoms with Gasteiger partial charge >= 0.3 is 6.03 Å². The van der Waals surface area contributed by atoms with E-state index >= 15 is 0 Å². The van der Waals surface area contributed by atoms with E-state index in [-0.39, 0.29) is 56.3 Å². The van der Waals surface area contributed by atoms with Gasteiger partial charge in [0.05, 0.1) is 50.5 Å². The van der Waals surface area contributed by atoms with Crippen molar-refractivity contribution in [3.05, 3.63) is 64.1 Å². The predicted molar refractivity (Wildman–Crippen MR) is 138 cm³/mol. The maximum atomic E-state index is 13.2. The maximum absolute atomic E-state index is 13.2. The van der Waals surface area contributed by atoms with Crippen LogP contribution < -0.4 is 10.6 Å². The minimum absolute atomic E-state index is 0.0824. The summed E-state index contributed by atoms with van der Waals surface area (Å²) in [6.07, 6.45) is -0.130. The van der Waals surface area contributed by atoms with Crippen LogP contribution in [0.15, 0.2) is 48.5 Å². The van der Waals surface area contributed by atoms with Crippen molar-refractivity contribution in [2.75, 3.05) is 25.1 Å². The van der Waals surface area contributed by atoms with Crippen LogP contribution in [0.5, 0.6) is 0 Å². The number of rotatable bonds is 5. The summed E-state index contributed by atoms with van der Waals surface area (Å²) >= 11 is 12.1. The van der Waals surface area contributed by atoms with Crippen molar-refractivity contribution in [1.29, 1.82) is 0 Å². The summed E-state index contributed by atoms with van der Waals surface area (Å²) in [5.41, 5.74) is 1.49. The van der Waals surface area contributed by atoms with Crippen LogP contribution in [0.4, 0.5) is 10.5 Å². The molecule has 194 valence electrons. The smallest absolute Gasteiger partial charge is 0.322 e. The molecular weight excluding hydrogens is 505 g/mol. The van der Waals surface area contributed by atoms with E-state index in [9.17, 15) is 14.7 Å². The largest absolute Gasteiger partial charge is 0.389 e. The number of benzene rings is 2. The van der Waals surface area contributed by atoms with E-state index in [1.54, 1.807) is 23.1 Å². The van der Waals surface area contributed by atoms with Crippen LogP contribution in [0, 0.1) is 0 Å². The van der Waals surface area contributed by atoms with Gasteiger partial charge in [0.2, 0.25) is 5.91 Å². The molecule has 36 heavy (non-hydrogen) atoms. The van der Waals surface area contributed by atoms with Gasteiger partial charge in [-0.05, 0) is 43.5 Å². The quantitative estimate of drug-likeness (QED) is 0.526. The molecule has 2 heterocycles. The van der Waals surface area contributed by atoms with Gasteiger partial charge in [0.15, 0.2) is 0 Å². The Kier molecular flexibility index (Phi) is 9.09. The Hall–Kier alpha value is -2.36. The minimum Gasteiger partial charge on any atom is -0.389 e. The van der Waals surface area contributed by atoms with Crippen LogP contribution in [-0.4, -0.2) is 66.1 Å². The van der Waals surface area contributed by atoms with E-state index in [1.807, 2.05) is 37.3 Å². The molecule has 2 fully saturated rings. The number of aliphatic hydroxyl groups is 1. The topological polar surface area (TPSA) is 100 Å². The van der Waals surface area contributed by atoms with E-state index < -0.39 is 12.2 Å². The normalized spacial score (nSPS) is 25.2. The number of hydrogen-bond donors (Lipinski definition) is 3. The number of carbonyl (C=O) groups excluding carboxylic acids is 2. The van der Waals surface area contributed by atoms with Crippen LogP contribution in [0.3, 0.4) is 0 Å². The molecule has 0 saturated carbocycles. The van der Waals surface area contributed by atoms with Gasteiger partial charge < -0.3 is 30.1 Å². The molecule has 2 saturated heterocycles. The van der Waals surface area contributed by atoms with Crippen LogP contribution >= 0.6 is 23.2 Å². The number of ether oxygens (including phenoxy) is 2. The Bertz CT molecular complexity index is 1040. The number of hydrogen-bond acceptors (Lipinski definition) is 5. The number of β-amino-alcohol motifs (C(OH)–C–C–N with tert-alkyl or cyclic N) is 1. The minimum atomic E-state index is -0.831. The molecule has 4 rings (SSSR count). The molecule has 0 aliphatic carbocycles. The summed E-state index contributed by atoms with van der Waals surface area (Å²) in [7, 11) is 0. The molecule has 8 nitrogen and oxygen atoms in total. The second-order valence-electron chi connectivity index (χ2n) is 9.28. The van der Waals surface area contributed by atoms with Crippen molar-refractivity contribution < 1.29 is 24.2 Å². The fraction of sp³-hybridized carbons (Fsp3) is 0.462. The molecule has 2 aliphatic rings. The first-order chi connectivity index (χ1) is 17.3. The summed E-state index contributed by atoms with van der Waals surface area (Å²) in [5.74, 6) is -0.0931. The maximum Gasteiger partial charge on any atom is 0.322 e. The fourth-order valence-corrected chi connectivity index (χ4v) is 5.25. The lowest BCUT2D eigenvalue weighted by Gasteiger charge is -2.44. The highest BCUT2D eigenvalue weighted by Gasteiger charge is 2.40. The van der Waals surface area contributed by atoms with Crippen LogP contribution in [0.1, 0.15) is 37.8 Å². The van der Waals surface area contributed by atoms with Crippen molar-refractivity contribution in [3.8, 4) is 0 Å². The second kappa shape index (κ2) is 12.3. The first-order valence-corrected chi connectivity index (χ1v) is 12.8. The summed E-state index contributed by atoms with van der Waals surface area (Å²) in [6, 6.07) is 13.7. The summed E-state index contributed by atoms with van der Waals surface area (Å²) < 4.78 is 11.9. The number of aliphatic hydroxyl groups excluding tert-OH is 1. The van der Waals surface area contributed by atoms with Gasteiger partial charge in [-0.1, -0.05) is 53.5 Å². The Morgan fingerprint density at radius 1 is 1.11 bits per heavy atom. The second-order valence-corrected chi connectivity index (χ2v) is 10.2. The molecule has 0 spiro atoms. The predicted octanol–water partition coefficient (Wildman–Crippen LogP) is 4.40. The first kappa shape index (κ1) is 26.7. The highest BCUT2D eigenvalue weighted by Crippen LogP contribution is 2.29. The summed E-state index contributed by atoms with van der Waals surface area (Å²) in [5, 5.41) is 17.0. The zero-order chi connectivity index (χ0) is 25.7. The standard InChI is InChI=1S/C26H31Cl2N3O5/c1-16(17-5-3-2-4-6-17)29-25(33)12-22-7-8-23-24(36-22)15-35-14-21(32)13-31(23)26(34)30-20-10-18(27)9-19(28)11-20/h2-6,9-11,16,21-24,32H,7-8,12-15H2,1H3,(H,29,33)(H,30,34)/t16-,21-,22-,23-,24+/m1/s1. The Balaban J connectivity index is 1.39. The summed E-state index contributed by atoms with van der Waals surface area (Å²) in [6.45, 7) is 2.33. The third kappa shape index (κ3) is 7.11. The van der Waals surface area contributed by atoms with Gasteiger partial charge in [0, 0.05) is 15.7 Å². The van der Waals surface area contributed by atoms with E-state index in [4.69, 9.17) is 32.7 Å². The van der Waals surface area contributed by atoms with Crippen LogP contribution in [-0.2, 0) is 14.3 Å². The SMILES string of the molecule is C[C@@H](NC(=O)C[C@H]1CC[C@@H]2[C@H](COC[C@H](O)CN2C(=O)Nc2cc(Cl)cc(Cl)c2)O1)c1ccccc1. The number of fused-ring (bicyclic) bond motifs is 1. The molecule has 2 aliphatic heterocycles. The molecule has 3 amide bonds. The van der Waals surface area contributed by atoms with Crippen molar-refractivity contribution >= 4 is 40.8 Å². The van der Waals surface area contributed by atoms with Gasteiger partial charge in [-0.15, -0.1) is 0 Å². The van der Waals surface area contributed by atoms with Crippen molar-refractivity contribution in [2.24, 2.45) is 0 Å². The van der Waals surface area contributed by atoms with Gasteiger partial charge in [0.25, 0.3) is 0 Å². The molecule has 2 aromatic rings. The molecule has 0 aromatic heterocycles. The van der Waals surface area contributed by atoms with Crippen molar-refractivity contribution in [1.82, 2.24) is 10.2 Å². The van der Waals surface area contributed by atoms with Gasteiger partial charge in [-0.3, -0.25) is 4.79 Å². The highest BCUT2D eigenvalue weighted by molar-refractivity contribution is 6.35. The third-order valence-corrected chi connectivity index (χ3v) is 6.88. The third-order valence-electron chi connectivity index (χ3n) is 6.45. The zero-order valence-corrected chi connectivity index (χ0v) is 21.5. The zero-order valence-electron chi connectivity index (χ0n) is 20.0. The first-order valence-electron chi connectivity index (χ1n) is 12.1. The van der Waals surface area contributed by atoms with E-state index in [1.165, 1.54) is 0 Å². The lowest BCUT2D eigenvalue weighted by molar-refractivity contribution is -0.150.